The van der Waals surface area contributed by atoms with Crippen molar-refractivity contribution in [2.75, 3.05) is 50.1 Å². The maximum Gasteiger partial charge on any atom is 0.417 e. The molecule has 1 aliphatic heterocycles. The maximum absolute atomic E-state index is 12.8. The SMILES string of the molecule is CN(C)c1ccc(C(=O)N2CCCN(c3ncc(C(F)(F)F)cc3Cl)CC2)cc1. The number of rotatable bonds is 3. The minimum Gasteiger partial charge on any atom is -0.378 e. The highest BCUT2D eigenvalue weighted by Crippen LogP contribution is 2.33. The summed E-state index contributed by atoms with van der Waals surface area (Å²) in [4.78, 5) is 22.3. The van der Waals surface area contributed by atoms with Crippen molar-refractivity contribution in [1.82, 2.24) is 9.88 Å². The van der Waals surface area contributed by atoms with Crippen molar-refractivity contribution in [3.8, 4) is 0 Å². The first kappa shape index (κ1) is 21.2. The molecule has 0 aliphatic carbocycles. The van der Waals surface area contributed by atoms with Gasteiger partial charge in [-0.3, -0.25) is 4.79 Å². The van der Waals surface area contributed by atoms with Gasteiger partial charge in [0.15, 0.2) is 0 Å². The molecule has 156 valence electrons. The van der Waals surface area contributed by atoms with Gasteiger partial charge in [-0.15, -0.1) is 0 Å². The maximum atomic E-state index is 12.8. The van der Waals surface area contributed by atoms with Crippen molar-refractivity contribution < 1.29 is 18.0 Å². The van der Waals surface area contributed by atoms with Gasteiger partial charge in [0.2, 0.25) is 0 Å². The number of hydrogen-bond acceptors (Lipinski definition) is 4. The van der Waals surface area contributed by atoms with Gasteiger partial charge in [0, 0.05) is 57.7 Å². The quantitative estimate of drug-likeness (QED) is 0.738. The zero-order valence-electron chi connectivity index (χ0n) is 16.2. The second kappa shape index (κ2) is 8.49. The summed E-state index contributed by atoms with van der Waals surface area (Å²) in [5.41, 5.74) is 0.736. The largest absolute Gasteiger partial charge is 0.417 e. The molecular formula is C20H22ClF3N4O. The Morgan fingerprint density at radius 2 is 1.79 bits per heavy atom. The number of carbonyl (C=O) groups is 1. The Kier molecular flexibility index (Phi) is 6.21. The van der Waals surface area contributed by atoms with Crippen LogP contribution in [-0.2, 0) is 6.18 Å². The highest BCUT2D eigenvalue weighted by Gasteiger charge is 2.32. The Labute approximate surface area is 172 Å². The first-order chi connectivity index (χ1) is 13.7. The lowest BCUT2D eigenvalue weighted by Crippen LogP contribution is -2.35. The fourth-order valence-corrected chi connectivity index (χ4v) is 3.52. The van der Waals surface area contributed by atoms with Crippen LogP contribution in [0.25, 0.3) is 0 Å². The minimum absolute atomic E-state index is 0.0427. The number of alkyl halides is 3. The van der Waals surface area contributed by atoms with Gasteiger partial charge in [-0.05, 0) is 36.8 Å². The molecule has 2 aromatic rings. The number of benzene rings is 1. The molecule has 5 nitrogen and oxygen atoms in total. The first-order valence-electron chi connectivity index (χ1n) is 9.21. The van der Waals surface area contributed by atoms with Crippen LogP contribution in [0.15, 0.2) is 36.5 Å². The van der Waals surface area contributed by atoms with E-state index in [-0.39, 0.29) is 10.9 Å². The molecule has 0 atom stereocenters. The summed E-state index contributed by atoms with van der Waals surface area (Å²) >= 11 is 6.07. The molecule has 2 heterocycles. The molecule has 1 saturated heterocycles. The monoisotopic (exact) mass is 426 g/mol. The fourth-order valence-electron chi connectivity index (χ4n) is 3.24. The molecular weight excluding hydrogens is 405 g/mol. The van der Waals surface area contributed by atoms with Crippen molar-refractivity contribution in [2.24, 2.45) is 0 Å². The Morgan fingerprint density at radius 3 is 2.38 bits per heavy atom. The summed E-state index contributed by atoms with van der Waals surface area (Å²) < 4.78 is 38.5. The second-order valence-electron chi connectivity index (χ2n) is 7.10. The summed E-state index contributed by atoms with van der Waals surface area (Å²) in [6, 6.07) is 8.28. The average Bonchev–Trinajstić information content (AvgIpc) is 2.93. The molecule has 1 aliphatic rings. The average molecular weight is 427 g/mol. The number of halogens is 4. The molecule has 0 spiro atoms. The number of hydrogen-bond donors (Lipinski definition) is 0. The van der Waals surface area contributed by atoms with Crippen LogP contribution in [0.5, 0.6) is 0 Å². The van der Waals surface area contributed by atoms with Gasteiger partial charge < -0.3 is 14.7 Å². The Balaban J connectivity index is 1.69. The molecule has 1 aromatic heterocycles. The third-order valence-electron chi connectivity index (χ3n) is 4.86. The predicted molar refractivity (Wildman–Crippen MR) is 108 cm³/mol. The number of amides is 1. The van der Waals surface area contributed by atoms with Crippen LogP contribution in [0, 0.1) is 0 Å². The Morgan fingerprint density at radius 1 is 1.10 bits per heavy atom. The number of nitrogens with zero attached hydrogens (tertiary/aromatic N) is 4. The smallest absolute Gasteiger partial charge is 0.378 e. The van der Waals surface area contributed by atoms with E-state index in [9.17, 15) is 18.0 Å². The lowest BCUT2D eigenvalue weighted by Gasteiger charge is -2.24. The molecule has 0 unspecified atom stereocenters. The molecule has 29 heavy (non-hydrogen) atoms. The van der Waals surface area contributed by atoms with Crippen LogP contribution in [0.2, 0.25) is 5.02 Å². The van der Waals surface area contributed by atoms with Crippen molar-refractivity contribution in [3.63, 3.8) is 0 Å². The van der Waals surface area contributed by atoms with Gasteiger partial charge in [0.1, 0.15) is 5.82 Å². The predicted octanol–water partition coefficient (Wildman–Crippen LogP) is 4.17. The molecule has 1 amide bonds. The van der Waals surface area contributed by atoms with Crippen molar-refractivity contribution >= 4 is 29.0 Å². The number of anilines is 2. The minimum atomic E-state index is -4.49. The molecule has 0 N–H and O–H groups in total. The normalized spacial score (nSPS) is 15.2. The lowest BCUT2D eigenvalue weighted by atomic mass is 10.1. The van der Waals surface area contributed by atoms with Crippen molar-refractivity contribution in [1.29, 1.82) is 0 Å². The van der Waals surface area contributed by atoms with E-state index in [1.54, 1.807) is 17.0 Å². The summed E-state index contributed by atoms with van der Waals surface area (Å²) in [6.45, 7) is 2.00. The van der Waals surface area contributed by atoms with Crippen molar-refractivity contribution in [3.05, 3.63) is 52.7 Å². The zero-order chi connectivity index (χ0) is 21.2. The third kappa shape index (κ3) is 4.93. The van der Waals surface area contributed by atoms with Crippen LogP contribution in [0.1, 0.15) is 22.3 Å². The van der Waals surface area contributed by atoms with E-state index in [0.717, 1.165) is 18.0 Å². The number of carbonyl (C=O) groups excluding carboxylic acids is 1. The highest BCUT2D eigenvalue weighted by molar-refractivity contribution is 6.33. The highest BCUT2D eigenvalue weighted by atomic mass is 35.5. The van der Waals surface area contributed by atoms with Gasteiger partial charge >= 0.3 is 6.18 Å². The van der Waals surface area contributed by atoms with E-state index in [1.807, 2.05) is 36.0 Å². The van der Waals surface area contributed by atoms with Gasteiger partial charge in [-0.2, -0.15) is 13.2 Å². The lowest BCUT2D eigenvalue weighted by molar-refractivity contribution is -0.137. The van der Waals surface area contributed by atoms with E-state index < -0.39 is 11.7 Å². The second-order valence-corrected chi connectivity index (χ2v) is 7.51. The van der Waals surface area contributed by atoms with Crippen LogP contribution in [0.3, 0.4) is 0 Å². The van der Waals surface area contributed by atoms with Gasteiger partial charge in [0.05, 0.1) is 10.6 Å². The van der Waals surface area contributed by atoms with Crippen LogP contribution < -0.4 is 9.80 Å². The van der Waals surface area contributed by atoms with E-state index in [2.05, 4.69) is 4.98 Å². The first-order valence-corrected chi connectivity index (χ1v) is 9.59. The van der Waals surface area contributed by atoms with E-state index in [4.69, 9.17) is 11.6 Å². The van der Waals surface area contributed by atoms with E-state index in [1.165, 1.54) is 0 Å². The van der Waals surface area contributed by atoms with Crippen LogP contribution in [-0.4, -0.2) is 56.1 Å². The Bertz CT molecular complexity index is 871. The van der Waals surface area contributed by atoms with Crippen molar-refractivity contribution in [2.45, 2.75) is 12.6 Å². The molecule has 0 bridgehead atoms. The van der Waals surface area contributed by atoms with E-state index in [0.29, 0.717) is 44.0 Å². The van der Waals surface area contributed by atoms with Gasteiger partial charge in [-0.1, -0.05) is 11.6 Å². The topological polar surface area (TPSA) is 39.7 Å². The standard InChI is InChI=1S/C20H22ClF3N4O/c1-26(2)16-6-4-14(5-7-16)19(29)28-9-3-8-27(10-11-28)18-17(21)12-15(13-25-18)20(22,23)24/h4-7,12-13H,3,8-11H2,1-2H3. The molecule has 9 heteroatoms. The fraction of sp³-hybridized carbons (Fsp3) is 0.400. The van der Waals surface area contributed by atoms with Gasteiger partial charge in [0.25, 0.3) is 5.91 Å². The van der Waals surface area contributed by atoms with Crippen LogP contribution >= 0.6 is 11.6 Å². The molecule has 3 rings (SSSR count). The van der Waals surface area contributed by atoms with Gasteiger partial charge in [-0.25, -0.2) is 4.98 Å². The summed E-state index contributed by atoms with van der Waals surface area (Å²) in [6.07, 6.45) is -3.03. The number of aromatic nitrogens is 1. The molecule has 1 fully saturated rings. The molecule has 0 saturated carbocycles. The Hall–Kier alpha value is -2.48. The summed E-state index contributed by atoms with van der Waals surface area (Å²) in [7, 11) is 3.86. The molecule has 1 aromatic carbocycles. The number of pyridine rings is 1. The van der Waals surface area contributed by atoms with Crippen LogP contribution in [0.4, 0.5) is 24.7 Å². The summed E-state index contributed by atoms with van der Waals surface area (Å²) in [5.74, 6) is 0.243. The summed E-state index contributed by atoms with van der Waals surface area (Å²) in [5, 5.41) is -0.0427. The van der Waals surface area contributed by atoms with E-state index >= 15 is 0 Å². The zero-order valence-corrected chi connectivity index (χ0v) is 17.0. The third-order valence-corrected chi connectivity index (χ3v) is 5.14. The molecule has 0 radical (unpaired) electrons.